The standard InChI is InChI=1S/C22H21NO4S/c1-15-5-8-17(9-6-15)22(20-4-3-11-28-20)23-21(25)14-27-18-10-7-16(13-24)12-19(18)26-2/h3-13,22H,14H2,1-2H3,(H,23,25). The molecule has 1 unspecified atom stereocenters. The van der Waals surface area contributed by atoms with Gasteiger partial charge in [0.05, 0.1) is 13.2 Å². The molecule has 0 fully saturated rings. The molecule has 0 saturated carbocycles. The summed E-state index contributed by atoms with van der Waals surface area (Å²) in [5.74, 6) is 0.567. The monoisotopic (exact) mass is 395 g/mol. The Hall–Kier alpha value is -3.12. The van der Waals surface area contributed by atoms with E-state index in [9.17, 15) is 9.59 Å². The van der Waals surface area contributed by atoms with Crippen LogP contribution < -0.4 is 14.8 Å². The minimum Gasteiger partial charge on any atom is -0.493 e. The smallest absolute Gasteiger partial charge is 0.258 e. The fourth-order valence-electron chi connectivity index (χ4n) is 2.76. The molecule has 5 nitrogen and oxygen atoms in total. The zero-order valence-corrected chi connectivity index (χ0v) is 16.5. The number of hydrogen-bond acceptors (Lipinski definition) is 5. The van der Waals surface area contributed by atoms with Gasteiger partial charge in [-0.15, -0.1) is 11.3 Å². The lowest BCUT2D eigenvalue weighted by atomic mass is 10.0. The zero-order valence-electron chi connectivity index (χ0n) is 15.7. The third-order valence-corrected chi connectivity index (χ3v) is 5.16. The number of nitrogens with one attached hydrogen (secondary N) is 1. The van der Waals surface area contributed by atoms with Crippen molar-refractivity contribution in [3.05, 3.63) is 81.5 Å². The molecule has 0 spiro atoms. The van der Waals surface area contributed by atoms with Crippen molar-refractivity contribution in [2.24, 2.45) is 0 Å². The molecule has 0 aliphatic heterocycles. The van der Waals surface area contributed by atoms with Crippen LogP contribution in [0, 0.1) is 6.92 Å². The van der Waals surface area contributed by atoms with Gasteiger partial charge in [0, 0.05) is 10.4 Å². The summed E-state index contributed by atoms with van der Waals surface area (Å²) in [5.41, 5.74) is 2.65. The van der Waals surface area contributed by atoms with E-state index in [0.29, 0.717) is 17.1 Å². The number of carbonyl (C=O) groups excluding carboxylic acids is 2. The van der Waals surface area contributed by atoms with Gasteiger partial charge in [-0.25, -0.2) is 0 Å². The van der Waals surface area contributed by atoms with Gasteiger partial charge in [0.25, 0.3) is 5.91 Å². The minimum atomic E-state index is -0.250. The number of benzene rings is 2. The van der Waals surface area contributed by atoms with Crippen molar-refractivity contribution >= 4 is 23.5 Å². The van der Waals surface area contributed by atoms with E-state index >= 15 is 0 Å². The Balaban J connectivity index is 1.71. The summed E-state index contributed by atoms with van der Waals surface area (Å²) in [5, 5.41) is 5.02. The van der Waals surface area contributed by atoms with Gasteiger partial charge in [-0.05, 0) is 42.1 Å². The molecule has 144 valence electrons. The highest BCUT2D eigenvalue weighted by molar-refractivity contribution is 7.10. The maximum Gasteiger partial charge on any atom is 0.258 e. The number of thiophene rings is 1. The van der Waals surface area contributed by atoms with Crippen molar-refractivity contribution in [1.82, 2.24) is 5.32 Å². The van der Waals surface area contributed by atoms with Crippen LogP contribution >= 0.6 is 11.3 Å². The van der Waals surface area contributed by atoms with E-state index in [-0.39, 0.29) is 18.6 Å². The van der Waals surface area contributed by atoms with E-state index in [1.54, 1.807) is 29.5 Å². The van der Waals surface area contributed by atoms with Gasteiger partial charge < -0.3 is 14.8 Å². The number of aldehydes is 1. The molecule has 3 aromatic rings. The van der Waals surface area contributed by atoms with E-state index in [0.717, 1.165) is 22.3 Å². The minimum absolute atomic E-state index is 0.162. The Labute approximate surface area is 167 Å². The highest BCUT2D eigenvalue weighted by Crippen LogP contribution is 2.28. The molecular weight excluding hydrogens is 374 g/mol. The number of methoxy groups -OCH3 is 1. The first kappa shape index (κ1) is 19.6. The van der Waals surface area contributed by atoms with E-state index in [4.69, 9.17) is 9.47 Å². The Morgan fingerprint density at radius 1 is 1.14 bits per heavy atom. The van der Waals surface area contributed by atoms with Crippen molar-refractivity contribution in [3.63, 3.8) is 0 Å². The highest BCUT2D eigenvalue weighted by Gasteiger charge is 2.18. The number of amides is 1. The van der Waals surface area contributed by atoms with Crippen LogP contribution in [0.5, 0.6) is 11.5 Å². The topological polar surface area (TPSA) is 64.6 Å². The second kappa shape index (κ2) is 9.19. The van der Waals surface area contributed by atoms with Crippen molar-refractivity contribution < 1.29 is 19.1 Å². The average molecular weight is 395 g/mol. The summed E-state index contributed by atoms with van der Waals surface area (Å²) in [6.07, 6.45) is 0.728. The van der Waals surface area contributed by atoms with E-state index in [1.807, 2.05) is 48.7 Å². The van der Waals surface area contributed by atoms with Crippen LogP contribution in [-0.4, -0.2) is 25.9 Å². The van der Waals surface area contributed by atoms with Crippen LogP contribution in [-0.2, 0) is 4.79 Å². The molecule has 0 bridgehead atoms. The predicted octanol–water partition coefficient (Wildman–Crippen LogP) is 4.16. The number of carbonyl (C=O) groups is 2. The second-order valence-corrected chi connectivity index (χ2v) is 7.22. The van der Waals surface area contributed by atoms with Crippen molar-refractivity contribution in [3.8, 4) is 11.5 Å². The normalized spacial score (nSPS) is 11.5. The van der Waals surface area contributed by atoms with Crippen molar-refractivity contribution in [2.75, 3.05) is 13.7 Å². The Morgan fingerprint density at radius 2 is 1.93 bits per heavy atom. The molecule has 1 atom stereocenters. The summed E-state index contributed by atoms with van der Waals surface area (Å²) in [4.78, 5) is 24.5. The molecule has 2 aromatic carbocycles. The molecule has 1 amide bonds. The Morgan fingerprint density at radius 3 is 2.57 bits per heavy atom. The van der Waals surface area contributed by atoms with Gasteiger partial charge in [-0.2, -0.15) is 0 Å². The van der Waals surface area contributed by atoms with Crippen molar-refractivity contribution in [1.29, 1.82) is 0 Å². The molecular formula is C22H21NO4S. The van der Waals surface area contributed by atoms with Gasteiger partial charge in [0.15, 0.2) is 18.1 Å². The highest BCUT2D eigenvalue weighted by atomic mass is 32.1. The second-order valence-electron chi connectivity index (χ2n) is 6.24. The summed E-state index contributed by atoms with van der Waals surface area (Å²) in [6, 6.07) is 16.6. The lowest BCUT2D eigenvalue weighted by molar-refractivity contribution is -0.123. The third-order valence-electron chi connectivity index (χ3n) is 4.23. The first-order valence-corrected chi connectivity index (χ1v) is 9.64. The lowest BCUT2D eigenvalue weighted by Crippen LogP contribution is -2.33. The van der Waals surface area contributed by atoms with Crippen LogP contribution in [0.15, 0.2) is 60.0 Å². The Bertz CT molecular complexity index is 936. The van der Waals surface area contributed by atoms with Crippen LogP contribution in [0.1, 0.15) is 32.4 Å². The molecule has 1 aromatic heterocycles. The zero-order chi connectivity index (χ0) is 19.9. The molecule has 28 heavy (non-hydrogen) atoms. The largest absolute Gasteiger partial charge is 0.493 e. The molecule has 0 saturated heterocycles. The van der Waals surface area contributed by atoms with Gasteiger partial charge in [0.2, 0.25) is 0 Å². The molecule has 0 radical (unpaired) electrons. The van der Waals surface area contributed by atoms with E-state index in [2.05, 4.69) is 5.32 Å². The number of hydrogen-bond donors (Lipinski definition) is 1. The van der Waals surface area contributed by atoms with Crippen LogP contribution in [0.2, 0.25) is 0 Å². The average Bonchev–Trinajstić information content (AvgIpc) is 3.25. The molecule has 0 aliphatic carbocycles. The number of aryl methyl sites for hydroxylation is 1. The van der Waals surface area contributed by atoms with Crippen LogP contribution in [0.4, 0.5) is 0 Å². The van der Waals surface area contributed by atoms with Gasteiger partial charge in [-0.3, -0.25) is 9.59 Å². The van der Waals surface area contributed by atoms with Crippen LogP contribution in [0.25, 0.3) is 0 Å². The predicted molar refractivity (Wildman–Crippen MR) is 109 cm³/mol. The first-order valence-electron chi connectivity index (χ1n) is 8.76. The van der Waals surface area contributed by atoms with Gasteiger partial charge in [-0.1, -0.05) is 35.9 Å². The number of rotatable bonds is 8. The SMILES string of the molecule is COc1cc(C=O)ccc1OCC(=O)NC(c1ccc(C)cc1)c1cccs1. The molecule has 1 heterocycles. The van der Waals surface area contributed by atoms with E-state index in [1.165, 1.54) is 7.11 Å². The maximum absolute atomic E-state index is 12.6. The van der Waals surface area contributed by atoms with Crippen molar-refractivity contribution in [2.45, 2.75) is 13.0 Å². The number of ether oxygens (including phenoxy) is 2. The van der Waals surface area contributed by atoms with Gasteiger partial charge >= 0.3 is 0 Å². The van der Waals surface area contributed by atoms with Crippen LogP contribution in [0.3, 0.4) is 0 Å². The summed E-state index contributed by atoms with van der Waals surface area (Å²) in [6.45, 7) is 1.87. The molecule has 0 aliphatic rings. The fourth-order valence-corrected chi connectivity index (χ4v) is 3.56. The third kappa shape index (κ3) is 4.78. The first-order chi connectivity index (χ1) is 13.6. The lowest BCUT2D eigenvalue weighted by Gasteiger charge is -2.19. The molecule has 1 N–H and O–H groups in total. The maximum atomic E-state index is 12.6. The quantitative estimate of drug-likeness (QED) is 0.582. The summed E-state index contributed by atoms with van der Waals surface area (Å²) < 4.78 is 10.8. The summed E-state index contributed by atoms with van der Waals surface area (Å²) >= 11 is 1.59. The summed E-state index contributed by atoms with van der Waals surface area (Å²) in [7, 11) is 1.49. The van der Waals surface area contributed by atoms with Gasteiger partial charge in [0.1, 0.15) is 6.29 Å². The Kier molecular flexibility index (Phi) is 6.45. The molecule has 6 heteroatoms. The van der Waals surface area contributed by atoms with E-state index < -0.39 is 0 Å². The fraction of sp³-hybridized carbons (Fsp3) is 0.182. The molecule has 3 rings (SSSR count).